The van der Waals surface area contributed by atoms with Crippen LogP contribution in [0, 0.1) is 6.92 Å². The summed E-state index contributed by atoms with van der Waals surface area (Å²) in [6, 6.07) is 9.92. The number of nitrogens with two attached hydrogens (primary N) is 1. The highest BCUT2D eigenvalue weighted by molar-refractivity contribution is 5.93. The molecule has 0 spiro atoms. The SMILES string of the molecule is Cc1c(-c2cnc3ccccc3c2)n[nH]c1NC(=O)CN. The number of pyridine rings is 1. The number of carbonyl (C=O) groups is 1. The lowest BCUT2D eigenvalue weighted by Gasteiger charge is -2.03. The zero-order valence-electron chi connectivity index (χ0n) is 11.6. The van der Waals surface area contributed by atoms with Gasteiger partial charge in [-0.15, -0.1) is 0 Å². The van der Waals surface area contributed by atoms with E-state index < -0.39 is 0 Å². The van der Waals surface area contributed by atoms with E-state index in [2.05, 4.69) is 20.5 Å². The van der Waals surface area contributed by atoms with Gasteiger partial charge in [0.1, 0.15) is 5.82 Å². The number of carbonyl (C=O) groups excluding carboxylic acids is 1. The smallest absolute Gasteiger partial charge is 0.239 e. The number of H-pyrrole nitrogens is 1. The van der Waals surface area contributed by atoms with Crippen LogP contribution in [0.5, 0.6) is 0 Å². The first-order valence-corrected chi connectivity index (χ1v) is 6.59. The molecule has 4 N–H and O–H groups in total. The van der Waals surface area contributed by atoms with E-state index in [1.807, 2.05) is 37.3 Å². The molecule has 3 aromatic rings. The molecule has 0 aliphatic rings. The third-order valence-electron chi connectivity index (χ3n) is 3.32. The molecule has 0 saturated heterocycles. The van der Waals surface area contributed by atoms with Gasteiger partial charge in [0, 0.05) is 22.7 Å². The van der Waals surface area contributed by atoms with Crippen molar-refractivity contribution < 1.29 is 4.79 Å². The Bertz CT molecular complexity index is 809. The summed E-state index contributed by atoms with van der Waals surface area (Å²) in [6.07, 6.45) is 1.78. The number of anilines is 1. The third-order valence-corrected chi connectivity index (χ3v) is 3.32. The Morgan fingerprint density at radius 2 is 2.19 bits per heavy atom. The lowest BCUT2D eigenvalue weighted by molar-refractivity contribution is -0.114. The largest absolute Gasteiger partial charge is 0.322 e. The van der Waals surface area contributed by atoms with E-state index in [0.29, 0.717) is 5.82 Å². The van der Waals surface area contributed by atoms with Crippen LogP contribution in [-0.4, -0.2) is 27.6 Å². The maximum atomic E-state index is 11.4. The molecule has 0 aliphatic heterocycles. The summed E-state index contributed by atoms with van der Waals surface area (Å²) < 4.78 is 0. The Kier molecular flexibility index (Phi) is 3.37. The lowest BCUT2D eigenvalue weighted by Crippen LogP contribution is -2.22. The Morgan fingerprint density at radius 3 is 3.00 bits per heavy atom. The minimum Gasteiger partial charge on any atom is -0.322 e. The molecule has 0 atom stereocenters. The van der Waals surface area contributed by atoms with Crippen molar-refractivity contribution in [1.82, 2.24) is 15.2 Å². The van der Waals surface area contributed by atoms with Crippen molar-refractivity contribution in [3.05, 3.63) is 42.1 Å². The van der Waals surface area contributed by atoms with Crippen LogP contribution in [0.1, 0.15) is 5.56 Å². The van der Waals surface area contributed by atoms with E-state index in [1.165, 1.54) is 0 Å². The minimum atomic E-state index is -0.259. The Labute approximate surface area is 121 Å². The molecule has 106 valence electrons. The number of aromatic amines is 1. The van der Waals surface area contributed by atoms with E-state index in [-0.39, 0.29) is 12.5 Å². The summed E-state index contributed by atoms with van der Waals surface area (Å²) in [5, 5.41) is 10.8. The van der Waals surface area contributed by atoms with Gasteiger partial charge >= 0.3 is 0 Å². The molecule has 1 amide bonds. The van der Waals surface area contributed by atoms with Gasteiger partial charge in [-0.25, -0.2) is 0 Å². The van der Waals surface area contributed by atoms with Gasteiger partial charge in [0.05, 0.1) is 17.8 Å². The second kappa shape index (κ2) is 5.34. The second-order valence-corrected chi connectivity index (χ2v) is 4.74. The van der Waals surface area contributed by atoms with Gasteiger partial charge in [-0.05, 0) is 19.1 Å². The summed E-state index contributed by atoms with van der Waals surface area (Å²) in [4.78, 5) is 15.8. The number of hydrogen-bond acceptors (Lipinski definition) is 4. The number of amides is 1. The van der Waals surface area contributed by atoms with Gasteiger partial charge < -0.3 is 11.1 Å². The van der Waals surface area contributed by atoms with E-state index in [0.717, 1.165) is 27.7 Å². The highest BCUT2D eigenvalue weighted by Crippen LogP contribution is 2.27. The van der Waals surface area contributed by atoms with Gasteiger partial charge in [0.15, 0.2) is 0 Å². The van der Waals surface area contributed by atoms with Crippen molar-refractivity contribution in [3.63, 3.8) is 0 Å². The molecular formula is C15H15N5O. The monoisotopic (exact) mass is 281 g/mol. The summed E-state index contributed by atoms with van der Waals surface area (Å²) >= 11 is 0. The molecule has 0 bridgehead atoms. The average molecular weight is 281 g/mol. The van der Waals surface area contributed by atoms with Crippen LogP contribution in [0.3, 0.4) is 0 Å². The van der Waals surface area contributed by atoms with Gasteiger partial charge in [-0.1, -0.05) is 18.2 Å². The number of rotatable bonds is 3. The van der Waals surface area contributed by atoms with E-state index in [4.69, 9.17) is 5.73 Å². The van der Waals surface area contributed by atoms with Crippen molar-refractivity contribution in [3.8, 4) is 11.3 Å². The van der Waals surface area contributed by atoms with Gasteiger partial charge in [-0.2, -0.15) is 5.10 Å². The fraction of sp³-hybridized carbons (Fsp3) is 0.133. The molecule has 6 nitrogen and oxygen atoms in total. The van der Waals surface area contributed by atoms with Crippen molar-refractivity contribution in [2.24, 2.45) is 5.73 Å². The molecule has 0 fully saturated rings. The molecular weight excluding hydrogens is 266 g/mol. The number of aromatic nitrogens is 3. The molecule has 2 heterocycles. The molecule has 2 aromatic heterocycles. The van der Waals surface area contributed by atoms with E-state index in [9.17, 15) is 4.79 Å². The van der Waals surface area contributed by atoms with Crippen LogP contribution in [0.15, 0.2) is 36.5 Å². The number of benzene rings is 1. The molecule has 0 saturated carbocycles. The Hall–Kier alpha value is -2.73. The Balaban J connectivity index is 2.00. The number of nitrogens with zero attached hydrogens (tertiary/aromatic N) is 2. The number of fused-ring (bicyclic) bond motifs is 1. The second-order valence-electron chi connectivity index (χ2n) is 4.74. The third kappa shape index (κ3) is 2.48. The number of nitrogens with one attached hydrogen (secondary N) is 2. The van der Waals surface area contributed by atoms with Gasteiger partial charge in [0.25, 0.3) is 0 Å². The van der Waals surface area contributed by atoms with Gasteiger partial charge in [0.2, 0.25) is 5.91 Å². The van der Waals surface area contributed by atoms with Crippen LogP contribution in [0.2, 0.25) is 0 Å². The van der Waals surface area contributed by atoms with Crippen LogP contribution in [0.25, 0.3) is 22.2 Å². The van der Waals surface area contributed by atoms with E-state index in [1.54, 1.807) is 6.20 Å². The van der Waals surface area contributed by atoms with Crippen molar-refractivity contribution in [2.75, 3.05) is 11.9 Å². The summed E-state index contributed by atoms with van der Waals surface area (Å²) in [5.41, 5.74) is 8.75. The zero-order valence-corrected chi connectivity index (χ0v) is 11.6. The first kappa shape index (κ1) is 13.3. The number of para-hydroxylation sites is 1. The molecule has 3 rings (SSSR count). The molecule has 1 aromatic carbocycles. The predicted molar refractivity (Wildman–Crippen MR) is 81.7 cm³/mol. The maximum absolute atomic E-state index is 11.4. The van der Waals surface area contributed by atoms with E-state index >= 15 is 0 Å². The van der Waals surface area contributed by atoms with Crippen molar-refractivity contribution in [2.45, 2.75) is 6.92 Å². The zero-order chi connectivity index (χ0) is 14.8. The standard InChI is InChI=1S/C15H15N5O/c1-9-14(19-20-15(9)18-13(21)7-16)11-6-10-4-2-3-5-12(10)17-8-11/h2-6,8H,7,16H2,1H3,(H2,18,19,20,21). The highest BCUT2D eigenvalue weighted by Gasteiger charge is 2.13. The summed E-state index contributed by atoms with van der Waals surface area (Å²) in [7, 11) is 0. The summed E-state index contributed by atoms with van der Waals surface area (Å²) in [5.74, 6) is 0.304. The Morgan fingerprint density at radius 1 is 1.38 bits per heavy atom. The maximum Gasteiger partial charge on any atom is 0.239 e. The average Bonchev–Trinajstić information content (AvgIpc) is 2.87. The van der Waals surface area contributed by atoms with Crippen LogP contribution >= 0.6 is 0 Å². The fourth-order valence-corrected chi connectivity index (χ4v) is 2.19. The number of hydrogen-bond donors (Lipinski definition) is 3. The van der Waals surface area contributed by atoms with Crippen molar-refractivity contribution in [1.29, 1.82) is 0 Å². The first-order chi connectivity index (χ1) is 10.2. The lowest BCUT2D eigenvalue weighted by atomic mass is 10.1. The van der Waals surface area contributed by atoms with Gasteiger partial charge in [-0.3, -0.25) is 14.9 Å². The molecule has 0 unspecified atom stereocenters. The first-order valence-electron chi connectivity index (χ1n) is 6.59. The normalized spacial score (nSPS) is 10.8. The summed E-state index contributed by atoms with van der Waals surface area (Å²) in [6.45, 7) is 1.82. The molecule has 21 heavy (non-hydrogen) atoms. The molecule has 6 heteroatoms. The fourth-order valence-electron chi connectivity index (χ4n) is 2.19. The van der Waals surface area contributed by atoms with Crippen LogP contribution in [0.4, 0.5) is 5.82 Å². The molecule has 0 aliphatic carbocycles. The topological polar surface area (TPSA) is 96.7 Å². The van der Waals surface area contributed by atoms with Crippen molar-refractivity contribution >= 4 is 22.6 Å². The minimum absolute atomic E-state index is 0.0642. The predicted octanol–water partition coefficient (Wildman–Crippen LogP) is 1.83. The van der Waals surface area contributed by atoms with Crippen LogP contribution < -0.4 is 11.1 Å². The molecule has 0 radical (unpaired) electrons. The quantitative estimate of drug-likeness (QED) is 0.682. The van der Waals surface area contributed by atoms with Crippen LogP contribution in [-0.2, 0) is 4.79 Å². The highest BCUT2D eigenvalue weighted by atomic mass is 16.1.